The zero-order valence-electron chi connectivity index (χ0n) is 28.9. The highest BCUT2D eigenvalue weighted by molar-refractivity contribution is 7.99. The monoisotopic (exact) mass is 654 g/mol. The number of thioether (sulfide) groups is 1. The van der Waals surface area contributed by atoms with E-state index in [0.29, 0.717) is 25.9 Å². The van der Waals surface area contributed by atoms with E-state index in [1.165, 1.54) is 18.9 Å². The molecule has 12 heteroatoms. The summed E-state index contributed by atoms with van der Waals surface area (Å²) < 4.78 is 13.0. The van der Waals surface area contributed by atoms with E-state index in [1.807, 2.05) is 44.7 Å². The number of carbonyl (C=O) groups is 3. The lowest BCUT2D eigenvalue weighted by molar-refractivity contribution is -0.133. The molecule has 0 saturated carbocycles. The van der Waals surface area contributed by atoms with Crippen LogP contribution in [0.5, 0.6) is 0 Å². The molecular weight excluding hydrogens is 596 g/mol. The van der Waals surface area contributed by atoms with Gasteiger partial charge in [0.05, 0.1) is 36.9 Å². The molecule has 0 fully saturated rings. The Bertz CT molecular complexity index is 1060. The molecule has 4 unspecified atom stereocenters. The third-order valence-electron chi connectivity index (χ3n) is 8.46. The molecule has 0 aromatic carbocycles. The van der Waals surface area contributed by atoms with Gasteiger partial charge in [-0.1, -0.05) is 27.7 Å². The van der Waals surface area contributed by atoms with E-state index in [2.05, 4.69) is 9.98 Å². The summed E-state index contributed by atoms with van der Waals surface area (Å²) >= 11 is 1.51. The van der Waals surface area contributed by atoms with Gasteiger partial charge in [-0.25, -0.2) is 9.98 Å². The molecule has 7 atom stereocenters. The number of aliphatic hydroxyl groups is 2. The van der Waals surface area contributed by atoms with Crippen LogP contribution in [0.2, 0.25) is 0 Å². The van der Waals surface area contributed by atoms with Crippen molar-refractivity contribution in [3.8, 4) is 0 Å². The number of amides is 1. The number of hydrogen-bond donors (Lipinski definition) is 2. The SMILES string of the molecule is CC/C=N\c1c(C)ncn1CCCCN(C=O)C(C[C@](C)(O)COC)C(C)C(=O)[C@H](C)CC(OC)[C@@H](CC(=O)C(C)CO)SC. The summed E-state index contributed by atoms with van der Waals surface area (Å²) in [6, 6.07) is -0.549. The van der Waals surface area contributed by atoms with E-state index >= 15 is 0 Å². The Morgan fingerprint density at radius 3 is 2.47 bits per heavy atom. The fraction of sp³-hybridized carbons (Fsp3) is 0.788. The topological polar surface area (TPSA) is 144 Å². The van der Waals surface area contributed by atoms with Gasteiger partial charge < -0.3 is 29.2 Å². The average Bonchev–Trinajstić information content (AvgIpc) is 3.37. The quantitative estimate of drug-likeness (QED) is 0.0898. The zero-order chi connectivity index (χ0) is 34.2. The van der Waals surface area contributed by atoms with E-state index in [-0.39, 0.29) is 49.0 Å². The van der Waals surface area contributed by atoms with Crippen LogP contribution in [0.15, 0.2) is 11.3 Å². The number of aryl methyl sites for hydroxylation is 2. The molecule has 0 bridgehead atoms. The minimum absolute atomic E-state index is 0.0376. The van der Waals surface area contributed by atoms with Crippen LogP contribution in [0, 0.1) is 24.7 Å². The largest absolute Gasteiger partial charge is 0.396 e. The van der Waals surface area contributed by atoms with Gasteiger partial charge in [-0.2, -0.15) is 11.8 Å². The maximum atomic E-state index is 13.9. The third kappa shape index (κ3) is 13.3. The number of unbranched alkanes of at least 4 members (excludes halogenated alkanes) is 1. The van der Waals surface area contributed by atoms with Gasteiger partial charge in [-0.3, -0.25) is 14.4 Å². The normalized spacial score (nSPS) is 17.3. The minimum Gasteiger partial charge on any atom is -0.396 e. The van der Waals surface area contributed by atoms with Crippen molar-refractivity contribution in [3.05, 3.63) is 12.0 Å². The van der Waals surface area contributed by atoms with Crippen LogP contribution >= 0.6 is 11.8 Å². The van der Waals surface area contributed by atoms with Crippen molar-refractivity contribution in [2.45, 2.75) is 110 Å². The van der Waals surface area contributed by atoms with Crippen molar-refractivity contribution in [2.75, 3.05) is 40.2 Å². The maximum Gasteiger partial charge on any atom is 0.209 e. The predicted octanol–water partition coefficient (Wildman–Crippen LogP) is 4.26. The lowest BCUT2D eigenvalue weighted by atomic mass is 9.81. The molecule has 1 rings (SSSR count). The molecule has 0 aliphatic heterocycles. The van der Waals surface area contributed by atoms with Gasteiger partial charge in [-0.05, 0) is 52.2 Å². The number of methoxy groups -OCH3 is 2. The molecule has 1 aromatic rings. The summed E-state index contributed by atoms with van der Waals surface area (Å²) in [5.41, 5.74) is -0.385. The number of imidazole rings is 1. The number of aromatic nitrogens is 2. The molecule has 258 valence electrons. The molecule has 1 heterocycles. The van der Waals surface area contributed by atoms with E-state index in [4.69, 9.17) is 9.47 Å². The third-order valence-corrected chi connectivity index (χ3v) is 9.53. The van der Waals surface area contributed by atoms with E-state index in [9.17, 15) is 24.6 Å². The molecule has 0 radical (unpaired) electrons. The Balaban J connectivity index is 3.07. The van der Waals surface area contributed by atoms with E-state index < -0.39 is 29.4 Å². The first-order valence-corrected chi connectivity index (χ1v) is 17.3. The summed E-state index contributed by atoms with van der Waals surface area (Å²) in [5, 5.41) is 20.3. The van der Waals surface area contributed by atoms with Gasteiger partial charge in [-0.15, -0.1) is 0 Å². The highest BCUT2D eigenvalue weighted by Crippen LogP contribution is 2.30. The first-order valence-electron chi connectivity index (χ1n) is 16.0. The summed E-state index contributed by atoms with van der Waals surface area (Å²) in [5.74, 6) is -0.685. The highest BCUT2D eigenvalue weighted by atomic mass is 32.2. The Morgan fingerprint density at radius 1 is 1.22 bits per heavy atom. The second-order valence-electron chi connectivity index (χ2n) is 12.4. The van der Waals surface area contributed by atoms with Crippen LogP contribution in [-0.4, -0.2) is 112 Å². The van der Waals surface area contributed by atoms with E-state index in [0.717, 1.165) is 30.8 Å². The summed E-state index contributed by atoms with van der Waals surface area (Å²) in [6.07, 6.45) is 9.07. The molecule has 0 aliphatic rings. The van der Waals surface area contributed by atoms with Gasteiger partial charge >= 0.3 is 0 Å². The lowest BCUT2D eigenvalue weighted by Crippen LogP contribution is -2.49. The number of rotatable bonds is 25. The Hall–Kier alpha value is -2.12. The van der Waals surface area contributed by atoms with Crippen LogP contribution in [0.4, 0.5) is 5.82 Å². The number of aliphatic imine (C=N–C) groups is 1. The molecular formula is C33H58N4O7S. The van der Waals surface area contributed by atoms with E-state index in [1.54, 1.807) is 32.2 Å². The van der Waals surface area contributed by atoms with Gasteiger partial charge in [0.25, 0.3) is 0 Å². The second kappa shape index (κ2) is 20.9. The van der Waals surface area contributed by atoms with Crippen molar-refractivity contribution >= 4 is 41.8 Å². The van der Waals surface area contributed by atoms with Crippen molar-refractivity contribution in [2.24, 2.45) is 22.7 Å². The summed E-state index contributed by atoms with van der Waals surface area (Å²) in [7, 11) is 3.09. The first-order chi connectivity index (χ1) is 21.3. The average molecular weight is 655 g/mol. The molecule has 2 N–H and O–H groups in total. The van der Waals surface area contributed by atoms with Crippen LogP contribution in [0.3, 0.4) is 0 Å². The molecule has 0 aliphatic carbocycles. The molecule has 1 amide bonds. The zero-order valence-corrected chi connectivity index (χ0v) is 29.7. The fourth-order valence-corrected chi connectivity index (χ4v) is 6.49. The fourth-order valence-electron chi connectivity index (χ4n) is 5.63. The maximum absolute atomic E-state index is 13.9. The Morgan fingerprint density at radius 2 is 1.91 bits per heavy atom. The number of ketones is 2. The summed E-state index contributed by atoms with van der Waals surface area (Å²) in [4.78, 5) is 49.4. The first kappa shape index (κ1) is 40.9. The number of hydrogen-bond acceptors (Lipinski definition) is 10. The predicted molar refractivity (Wildman–Crippen MR) is 180 cm³/mol. The van der Waals surface area contributed by atoms with Crippen LogP contribution in [0.1, 0.15) is 78.8 Å². The van der Waals surface area contributed by atoms with Crippen molar-refractivity contribution < 1.29 is 34.1 Å². The Kier molecular flexibility index (Phi) is 19.0. The van der Waals surface area contributed by atoms with Gasteiger partial charge in [0.1, 0.15) is 11.6 Å². The molecule has 0 spiro atoms. The van der Waals surface area contributed by atoms with Gasteiger partial charge in [0.15, 0.2) is 5.82 Å². The Labute approximate surface area is 274 Å². The smallest absolute Gasteiger partial charge is 0.209 e. The van der Waals surface area contributed by atoms with Crippen LogP contribution in [0.25, 0.3) is 0 Å². The standard InChI is InChI=1S/C33H58N4O7S/c1-10-13-34-32-26(5)35-21-36(32)14-11-12-15-37(22-39)27(18-33(6,42)20-43-7)25(4)31(41)23(2)16-29(44-8)30(45-9)17-28(40)24(3)19-38/h13,21-25,27,29-30,38,42H,10-12,14-20H2,1-9H3/b34-13-/t23-,24?,25?,27?,29?,30-,33+/m1/s1. The number of aliphatic hydroxyl groups excluding tert-OH is 1. The molecule has 45 heavy (non-hydrogen) atoms. The molecule has 0 saturated heterocycles. The minimum atomic E-state index is -1.25. The number of ether oxygens (including phenoxy) is 2. The van der Waals surface area contributed by atoms with Crippen LogP contribution in [-0.2, 0) is 30.4 Å². The molecule has 11 nitrogen and oxygen atoms in total. The second-order valence-corrected chi connectivity index (χ2v) is 13.5. The number of carbonyl (C=O) groups excluding carboxylic acids is 3. The van der Waals surface area contributed by atoms with Crippen LogP contribution < -0.4 is 0 Å². The lowest BCUT2D eigenvalue weighted by Gasteiger charge is -2.38. The van der Waals surface area contributed by atoms with Gasteiger partial charge in [0, 0.05) is 69.0 Å². The van der Waals surface area contributed by atoms with Crippen molar-refractivity contribution in [1.29, 1.82) is 0 Å². The highest BCUT2D eigenvalue weighted by Gasteiger charge is 2.38. The van der Waals surface area contributed by atoms with Crippen molar-refractivity contribution in [3.63, 3.8) is 0 Å². The molecule has 1 aromatic heterocycles. The number of Topliss-reactive ketones (excluding diaryl/α,β-unsaturated/α-hetero) is 2. The van der Waals surface area contributed by atoms with Crippen molar-refractivity contribution in [1.82, 2.24) is 14.5 Å². The number of nitrogens with zero attached hydrogens (tertiary/aromatic N) is 4. The summed E-state index contributed by atoms with van der Waals surface area (Å²) in [6.45, 7) is 11.9. The van der Waals surface area contributed by atoms with Gasteiger partial charge in [0.2, 0.25) is 6.41 Å².